The number of piperazine rings is 1. The van der Waals surface area contributed by atoms with Crippen molar-refractivity contribution in [3.63, 3.8) is 0 Å². The van der Waals surface area contributed by atoms with Crippen molar-refractivity contribution in [3.05, 3.63) is 30.6 Å². The fraction of sp³-hybridized carbons (Fsp3) is 0.588. The van der Waals surface area contributed by atoms with Gasteiger partial charge in [0, 0.05) is 32.0 Å². The average Bonchev–Trinajstić information content (AvgIpc) is 2.71. The normalized spacial score (nSPS) is 16.8. The Kier molecular flexibility index (Phi) is 8.10. The summed E-state index contributed by atoms with van der Waals surface area (Å²) in [7, 11) is 0. The van der Waals surface area contributed by atoms with Gasteiger partial charge in [0.25, 0.3) is 0 Å². The second kappa shape index (κ2) is 10.6. The Morgan fingerprint density at radius 2 is 1.77 bits per heavy atom. The highest BCUT2D eigenvalue weighted by atomic mass is 16.5. The Hall–Kier alpha value is -2.39. The Labute approximate surface area is 154 Å². The van der Waals surface area contributed by atoms with Gasteiger partial charge < -0.3 is 19.6 Å². The van der Waals surface area contributed by atoms with E-state index in [0.717, 1.165) is 18.7 Å². The van der Waals surface area contributed by atoms with E-state index in [-0.39, 0.29) is 12.6 Å². The van der Waals surface area contributed by atoms with Crippen LogP contribution in [0.2, 0.25) is 0 Å². The van der Waals surface area contributed by atoms with Crippen LogP contribution in [0.1, 0.15) is 19.4 Å². The lowest BCUT2D eigenvalue weighted by Gasteiger charge is -2.41. The molecule has 26 heavy (non-hydrogen) atoms. The van der Waals surface area contributed by atoms with E-state index in [2.05, 4.69) is 34.7 Å². The first-order valence-electron chi connectivity index (χ1n) is 8.89. The molecule has 1 saturated heterocycles. The van der Waals surface area contributed by atoms with E-state index in [1.807, 2.05) is 33.2 Å². The van der Waals surface area contributed by atoms with Crippen LogP contribution in [-0.4, -0.2) is 75.5 Å². The standard InChI is InChI=1S/C15H21N7O2.C2H6/c1-12-6-17-14(18-7-12)21-2-3-22(15-19-10-16-11-20-15)13(8-21)9-24-5-4-23;1-2/h6-7,10-11,13,23H,2-5,8-9H2,1H3;1-2H3. The molecule has 3 rings (SSSR count). The summed E-state index contributed by atoms with van der Waals surface area (Å²) < 4.78 is 5.55. The first kappa shape index (κ1) is 19.9. The molecule has 1 atom stereocenters. The Morgan fingerprint density at radius 3 is 2.42 bits per heavy atom. The number of aromatic nitrogens is 5. The number of hydrogen-bond acceptors (Lipinski definition) is 9. The Morgan fingerprint density at radius 1 is 1.08 bits per heavy atom. The summed E-state index contributed by atoms with van der Waals surface area (Å²) in [5.41, 5.74) is 1.03. The van der Waals surface area contributed by atoms with E-state index in [1.54, 1.807) is 0 Å². The number of ether oxygens (including phenoxy) is 1. The Balaban J connectivity index is 0.00000117. The molecule has 9 heteroatoms. The zero-order chi connectivity index (χ0) is 18.8. The van der Waals surface area contributed by atoms with Crippen molar-refractivity contribution in [2.75, 3.05) is 49.3 Å². The lowest BCUT2D eigenvalue weighted by Crippen LogP contribution is -2.56. The van der Waals surface area contributed by atoms with Gasteiger partial charge in [0.2, 0.25) is 11.9 Å². The van der Waals surface area contributed by atoms with Crippen molar-refractivity contribution >= 4 is 11.9 Å². The molecule has 142 valence electrons. The van der Waals surface area contributed by atoms with Gasteiger partial charge in [-0.05, 0) is 12.5 Å². The van der Waals surface area contributed by atoms with E-state index < -0.39 is 0 Å². The van der Waals surface area contributed by atoms with E-state index in [4.69, 9.17) is 9.84 Å². The Bertz CT molecular complexity index is 627. The van der Waals surface area contributed by atoms with Gasteiger partial charge >= 0.3 is 0 Å². The molecule has 0 bridgehead atoms. The number of aliphatic hydroxyl groups excluding tert-OH is 1. The largest absolute Gasteiger partial charge is 0.394 e. The van der Waals surface area contributed by atoms with Gasteiger partial charge in [-0.1, -0.05) is 13.8 Å². The number of anilines is 2. The highest BCUT2D eigenvalue weighted by Gasteiger charge is 2.30. The van der Waals surface area contributed by atoms with Gasteiger partial charge in [-0.15, -0.1) is 0 Å². The highest BCUT2D eigenvalue weighted by molar-refractivity contribution is 5.39. The minimum Gasteiger partial charge on any atom is -0.394 e. The second-order valence-corrected chi connectivity index (χ2v) is 5.59. The van der Waals surface area contributed by atoms with Crippen LogP contribution in [-0.2, 0) is 4.74 Å². The molecule has 0 aromatic carbocycles. The maximum atomic E-state index is 8.93. The quantitative estimate of drug-likeness (QED) is 0.745. The number of aryl methyl sites for hydroxylation is 1. The molecule has 0 saturated carbocycles. The summed E-state index contributed by atoms with van der Waals surface area (Å²) in [6, 6.07) is 0.0394. The molecule has 1 aliphatic rings. The molecule has 1 aliphatic heterocycles. The minimum atomic E-state index is 0.00324. The van der Waals surface area contributed by atoms with Gasteiger partial charge in [-0.2, -0.15) is 0 Å². The molecule has 0 spiro atoms. The van der Waals surface area contributed by atoms with E-state index in [1.165, 1.54) is 12.7 Å². The van der Waals surface area contributed by atoms with Crippen molar-refractivity contribution in [2.45, 2.75) is 26.8 Å². The minimum absolute atomic E-state index is 0.00324. The zero-order valence-electron chi connectivity index (χ0n) is 15.6. The fourth-order valence-corrected chi connectivity index (χ4v) is 2.66. The van der Waals surface area contributed by atoms with Gasteiger partial charge in [0.1, 0.15) is 12.7 Å². The third-order valence-electron chi connectivity index (χ3n) is 3.82. The predicted molar refractivity (Wildman–Crippen MR) is 99.2 cm³/mol. The van der Waals surface area contributed by atoms with Crippen LogP contribution in [0.3, 0.4) is 0 Å². The first-order valence-corrected chi connectivity index (χ1v) is 8.89. The third kappa shape index (κ3) is 5.30. The van der Waals surface area contributed by atoms with Gasteiger partial charge in [-0.3, -0.25) is 0 Å². The van der Waals surface area contributed by atoms with Gasteiger partial charge in [0.05, 0.1) is 25.9 Å². The smallest absolute Gasteiger partial charge is 0.228 e. The van der Waals surface area contributed by atoms with Crippen LogP contribution in [0.4, 0.5) is 11.9 Å². The molecule has 0 radical (unpaired) electrons. The molecule has 2 aromatic heterocycles. The van der Waals surface area contributed by atoms with Crippen LogP contribution in [0.15, 0.2) is 25.0 Å². The molecule has 9 nitrogen and oxygen atoms in total. The van der Waals surface area contributed by atoms with Crippen molar-refractivity contribution in [3.8, 4) is 0 Å². The van der Waals surface area contributed by atoms with Crippen LogP contribution in [0.25, 0.3) is 0 Å². The molecule has 3 heterocycles. The average molecular weight is 361 g/mol. The van der Waals surface area contributed by atoms with Crippen molar-refractivity contribution in [2.24, 2.45) is 0 Å². The molecular formula is C17H27N7O2. The fourth-order valence-electron chi connectivity index (χ4n) is 2.66. The second-order valence-electron chi connectivity index (χ2n) is 5.59. The number of hydrogen-bond donors (Lipinski definition) is 1. The summed E-state index contributed by atoms with van der Waals surface area (Å²) in [6.07, 6.45) is 6.61. The molecule has 1 N–H and O–H groups in total. The monoisotopic (exact) mass is 361 g/mol. The zero-order valence-corrected chi connectivity index (χ0v) is 15.6. The lowest BCUT2D eigenvalue weighted by atomic mass is 10.2. The number of rotatable bonds is 6. The number of aliphatic hydroxyl groups is 1. The molecule has 0 amide bonds. The number of nitrogens with zero attached hydrogens (tertiary/aromatic N) is 7. The van der Waals surface area contributed by atoms with Gasteiger partial charge in [0.15, 0.2) is 0 Å². The maximum Gasteiger partial charge on any atom is 0.228 e. The maximum absolute atomic E-state index is 8.93. The summed E-state index contributed by atoms with van der Waals surface area (Å²) in [4.78, 5) is 25.4. The summed E-state index contributed by atoms with van der Waals surface area (Å²) in [6.45, 7) is 8.94. The predicted octanol–water partition coefficient (Wildman–Crippen LogP) is 0.700. The molecular weight excluding hydrogens is 334 g/mol. The summed E-state index contributed by atoms with van der Waals surface area (Å²) >= 11 is 0. The SMILES string of the molecule is CC.Cc1cnc(N2CCN(c3ncncn3)C(COCCO)C2)nc1. The summed E-state index contributed by atoms with van der Waals surface area (Å²) in [5, 5.41) is 8.93. The lowest BCUT2D eigenvalue weighted by molar-refractivity contribution is 0.0807. The first-order chi connectivity index (χ1) is 12.8. The van der Waals surface area contributed by atoms with E-state index >= 15 is 0 Å². The molecule has 1 unspecified atom stereocenters. The highest BCUT2D eigenvalue weighted by Crippen LogP contribution is 2.19. The summed E-state index contributed by atoms with van der Waals surface area (Å²) in [5.74, 6) is 1.34. The molecule has 2 aromatic rings. The van der Waals surface area contributed by atoms with Gasteiger partial charge in [-0.25, -0.2) is 24.9 Å². The molecule has 0 aliphatic carbocycles. The van der Waals surface area contributed by atoms with Crippen molar-refractivity contribution in [1.29, 1.82) is 0 Å². The van der Waals surface area contributed by atoms with Crippen molar-refractivity contribution < 1.29 is 9.84 Å². The van der Waals surface area contributed by atoms with Crippen LogP contribution in [0, 0.1) is 6.92 Å². The molecule has 1 fully saturated rings. The van der Waals surface area contributed by atoms with Crippen molar-refractivity contribution in [1.82, 2.24) is 24.9 Å². The topological polar surface area (TPSA) is 100 Å². The van der Waals surface area contributed by atoms with E-state index in [0.29, 0.717) is 31.7 Å². The third-order valence-corrected chi connectivity index (χ3v) is 3.82. The van der Waals surface area contributed by atoms with Crippen LogP contribution < -0.4 is 9.80 Å². The van der Waals surface area contributed by atoms with Crippen LogP contribution >= 0.6 is 0 Å². The van der Waals surface area contributed by atoms with Crippen LogP contribution in [0.5, 0.6) is 0 Å². The van der Waals surface area contributed by atoms with E-state index in [9.17, 15) is 0 Å².